The van der Waals surface area contributed by atoms with Gasteiger partial charge in [-0.15, -0.1) is 0 Å². The van der Waals surface area contributed by atoms with Crippen molar-refractivity contribution >= 4 is 12.0 Å². The third-order valence-corrected chi connectivity index (χ3v) is 5.06. The van der Waals surface area contributed by atoms with Crippen LogP contribution in [0.15, 0.2) is 22.9 Å². The highest BCUT2D eigenvalue weighted by Gasteiger charge is 2.27. The van der Waals surface area contributed by atoms with Crippen LogP contribution in [0.25, 0.3) is 11.5 Å². The first-order chi connectivity index (χ1) is 13.6. The molecule has 1 aliphatic rings. The number of ether oxygens (including phenoxy) is 1. The highest BCUT2D eigenvalue weighted by atomic mass is 16.5. The lowest BCUT2D eigenvalue weighted by molar-refractivity contribution is -0.149. The summed E-state index contributed by atoms with van der Waals surface area (Å²) in [7, 11) is 1.90. The van der Waals surface area contributed by atoms with Crippen molar-refractivity contribution in [3.8, 4) is 11.5 Å². The summed E-state index contributed by atoms with van der Waals surface area (Å²) >= 11 is 0. The van der Waals surface area contributed by atoms with Gasteiger partial charge in [-0.25, -0.2) is 4.79 Å². The average Bonchev–Trinajstić information content (AvgIpc) is 3.34. The lowest BCUT2D eigenvalue weighted by Gasteiger charge is -2.27. The quantitative estimate of drug-likeness (QED) is 0.703. The van der Waals surface area contributed by atoms with Crippen LogP contribution in [0.4, 0.5) is 4.79 Å². The summed E-state index contributed by atoms with van der Waals surface area (Å²) in [6, 6.07) is 3.52. The predicted molar refractivity (Wildman–Crippen MR) is 101 cm³/mol. The third kappa shape index (κ3) is 5.11. The number of carbonyl (C=O) groups excluding carboxylic acids is 2. The molecule has 9 nitrogen and oxygen atoms in total. The SMILES string of the molecule is CCOC(=O)C1CCC(CNC(=O)NCc2nc(-c3cccn3C)no2)CC1. The molecule has 2 heterocycles. The van der Waals surface area contributed by atoms with Crippen LogP contribution in [-0.4, -0.2) is 39.9 Å². The maximum atomic E-state index is 12.0. The number of carbonyl (C=O) groups is 2. The van der Waals surface area contributed by atoms with Gasteiger partial charge in [-0.2, -0.15) is 4.98 Å². The Bertz CT molecular complexity index is 792. The van der Waals surface area contributed by atoms with E-state index in [0.29, 0.717) is 30.8 Å². The van der Waals surface area contributed by atoms with Crippen LogP contribution in [0.3, 0.4) is 0 Å². The van der Waals surface area contributed by atoms with E-state index >= 15 is 0 Å². The van der Waals surface area contributed by atoms with E-state index in [1.165, 1.54) is 0 Å². The van der Waals surface area contributed by atoms with Gasteiger partial charge in [-0.05, 0) is 50.7 Å². The number of aryl methyl sites for hydroxylation is 1. The number of nitrogens with zero attached hydrogens (tertiary/aromatic N) is 3. The molecular weight excluding hydrogens is 362 g/mol. The molecular formula is C19H27N5O4. The maximum Gasteiger partial charge on any atom is 0.315 e. The number of hydrogen-bond acceptors (Lipinski definition) is 6. The van der Waals surface area contributed by atoms with Crippen LogP contribution in [0.5, 0.6) is 0 Å². The minimum absolute atomic E-state index is 0.000904. The molecule has 0 spiro atoms. The molecule has 1 aliphatic carbocycles. The molecule has 0 saturated heterocycles. The Balaban J connectivity index is 1.36. The van der Waals surface area contributed by atoms with Crippen molar-refractivity contribution in [2.75, 3.05) is 13.2 Å². The number of esters is 1. The molecule has 3 rings (SSSR count). The summed E-state index contributed by atoms with van der Waals surface area (Å²) in [4.78, 5) is 28.1. The number of rotatable bonds is 7. The number of nitrogens with one attached hydrogen (secondary N) is 2. The summed E-state index contributed by atoms with van der Waals surface area (Å²) in [5, 5.41) is 9.54. The van der Waals surface area contributed by atoms with E-state index in [9.17, 15) is 9.59 Å². The molecule has 1 saturated carbocycles. The van der Waals surface area contributed by atoms with Crippen LogP contribution < -0.4 is 10.6 Å². The molecule has 0 radical (unpaired) electrons. The highest BCUT2D eigenvalue weighted by Crippen LogP contribution is 2.29. The van der Waals surface area contributed by atoms with E-state index < -0.39 is 0 Å². The normalized spacial score (nSPS) is 19.2. The first-order valence-corrected chi connectivity index (χ1v) is 9.69. The van der Waals surface area contributed by atoms with Crippen LogP contribution in [0.2, 0.25) is 0 Å². The third-order valence-electron chi connectivity index (χ3n) is 5.06. The monoisotopic (exact) mass is 389 g/mol. The summed E-state index contributed by atoms with van der Waals surface area (Å²) in [5.41, 5.74) is 0.845. The minimum atomic E-state index is -0.272. The lowest BCUT2D eigenvalue weighted by atomic mass is 9.82. The fraction of sp³-hybridized carbons (Fsp3) is 0.579. The topological polar surface area (TPSA) is 111 Å². The Morgan fingerprint density at radius 2 is 2.07 bits per heavy atom. The second-order valence-corrected chi connectivity index (χ2v) is 7.05. The van der Waals surface area contributed by atoms with E-state index in [-0.39, 0.29) is 24.5 Å². The van der Waals surface area contributed by atoms with Crippen molar-refractivity contribution in [1.29, 1.82) is 0 Å². The minimum Gasteiger partial charge on any atom is -0.466 e. The van der Waals surface area contributed by atoms with Crippen LogP contribution >= 0.6 is 0 Å². The zero-order valence-electron chi connectivity index (χ0n) is 16.3. The Labute approximate surface area is 163 Å². The van der Waals surface area contributed by atoms with Gasteiger partial charge in [-0.1, -0.05) is 5.16 Å². The smallest absolute Gasteiger partial charge is 0.315 e. The average molecular weight is 389 g/mol. The highest BCUT2D eigenvalue weighted by molar-refractivity contribution is 5.74. The van der Waals surface area contributed by atoms with Gasteiger partial charge in [-0.3, -0.25) is 4.79 Å². The van der Waals surface area contributed by atoms with Gasteiger partial charge in [0, 0.05) is 19.8 Å². The second-order valence-electron chi connectivity index (χ2n) is 7.05. The van der Waals surface area contributed by atoms with Gasteiger partial charge in [0.2, 0.25) is 11.7 Å². The molecule has 0 bridgehead atoms. The second kappa shape index (κ2) is 9.38. The Kier molecular flexibility index (Phi) is 6.67. The van der Waals surface area contributed by atoms with E-state index in [4.69, 9.17) is 9.26 Å². The van der Waals surface area contributed by atoms with Crippen molar-refractivity contribution in [3.63, 3.8) is 0 Å². The molecule has 2 aromatic rings. The predicted octanol–water partition coefficient (Wildman–Crippen LogP) is 2.24. The van der Waals surface area contributed by atoms with Crippen molar-refractivity contribution < 1.29 is 18.8 Å². The number of amides is 2. The van der Waals surface area contributed by atoms with Crippen LogP contribution in [-0.2, 0) is 23.1 Å². The van der Waals surface area contributed by atoms with Crippen molar-refractivity contribution in [2.24, 2.45) is 18.9 Å². The number of aromatic nitrogens is 3. The first kappa shape index (κ1) is 19.9. The summed E-state index contributed by atoms with van der Waals surface area (Å²) < 4.78 is 12.2. The molecule has 152 valence electrons. The van der Waals surface area contributed by atoms with Crippen LogP contribution in [0.1, 0.15) is 38.5 Å². The van der Waals surface area contributed by atoms with Gasteiger partial charge < -0.3 is 24.5 Å². The first-order valence-electron chi connectivity index (χ1n) is 9.69. The fourth-order valence-corrected chi connectivity index (χ4v) is 3.44. The molecule has 2 N–H and O–H groups in total. The number of hydrogen-bond donors (Lipinski definition) is 2. The Hall–Kier alpha value is -2.84. The van der Waals surface area contributed by atoms with Crippen molar-refractivity contribution in [1.82, 2.24) is 25.3 Å². The van der Waals surface area contributed by atoms with Gasteiger partial charge in [0.05, 0.1) is 24.8 Å². The molecule has 0 atom stereocenters. The molecule has 28 heavy (non-hydrogen) atoms. The summed E-state index contributed by atoms with van der Waals surface area (Å²) in [6.45, 7) is 2.99. The van der Waals surface area contributed by atoms with Gasteiger partial charge in [0.15, 0.2) is 0 Å². The van der Waals surface area contributed by atoms with Crippen molar-refractivity contribution in [2.45, 2.75) is 39.2 Å². The zero-order valence-corrected chi connectivity index (χ0v) is 16.3. The lowest BCUT2D eigenvalue weighted by Crippen LogP contribution is -2.39. The largest absolute Gasteiger partial charge is 0.466 e. The van der Waals surface area contributed by atoms with E-state index in [1.807, 2.05) is 36.9 Å². The maximum absolute atomic E-state index is 12.0. The van der Waals surface area contributed by atoms with Crippen LogP contribution in [0, 0.1) is 11.8 Å². The van der Waals surface area contributed by atoms with Gasteiger partial charge in [0.1, 0.15) is 0 Å². The zero-order chi connectivity index (χ0) is 19.9. The fourth-order valence-electron chi connectivity index (χ4n) is 3.44. The molecule has 0 unspecified atom stereocenters. The summed E-state index contributed by atoms with van der Waals surface area (Å²) in [6.07, 6.45) is 5.35. The van der Waals surface area contributed by atoms with E-state index in [1.54, 1.807) is 0 Å². The molecule has 2 amide bonds. The molecule has 9 heteroatoms. The standard InChI is InChI=1S/C19H27N5O4/c1-3-27-18(25)14-8-6-13(7-9-14)11-20-19(26)21-12-16-22-17(23-28-16)15-5-4-10-24(15)2/h4-5,10,13-14H,3,6-9,11-12H2,1-2H3,(H2,20,21,26). The van der Waals surface area contributed by atoms with E-state index in [0.717, 1.165) is 31.4 Å². The Morgan fingerprint density at radius 1 is 1.29 bits per heavy atom. The molecule has 2 aromatic heterocycles. The Morgan fingerprint density at radius 3 is 2.75 bits per heavy atom. The number of urea groups is 1. The van der Waals surface area contributed by atoms with E-state index in [2.05, 4.69) is 20.8 Å². The molecule has 0 aromatic carbocycles. The van der Waals surface area contributed by atoms with Gasteiger partial charge >= 0.3 is 12.0 Å². The molecule has 0 aliphatic heterocycles. The molecule has 1 fully saturated rings. The summed E-state index contributed by atoms with van der Waals surface area (Å²) in [5.74, 6) is 1.12. The van der Waals surface area contributed by atoms with Crippen molar-refractivity contribution in [3.05, 3.63) is 24.2 Å². The van der Waals surface area contributed by atoms with Gasteiger partial charge in [0.25, 0.3) is 0 Å².